The summed E-state index contributed by atoms with van der Waals surface area (Å²) in [6, 6.07) is 4.62. The fourth-order valence-corrected chi connectivity index (χ4v) is 2.21. The van der Waals surface area contributed by atoms with E-state index >= 15 is 0 Å². The molecule has 0 unspecified atom stereocenters. The number of imide groups is 1. The molecule has 4 nitrogen and oxygen atoms in total. The van der Waals surface area contributed by atoms with Crippen LogP contribution in [0.2, 0.25) is 0 Å². The lowest BCUT2D eigenvalue weighted by Crippen LogP contribution is -2.31. The molecule has 0 spiro atoms. The molecule has 3 amide bonds. The minimum Gasteiger partial charge on any atom is -0.318 e. The Labute approximate surface area is 111 Å². The van der Waals surface area contributed by atoms with Gasteiger partial charge in [0.15, 0.2) is 0 Å². The van der Waals surface area contributed by atoms with E-state index < -0.39 is 17.4 Å². The van der Waals surface area contributed by atoms with Gasteiger partial charge in [0, 0.05) is 11.9 Å². The minimum absolute atomic E-state index is 0.00343. The Balaban J connectivity index is 2.19. The van der Waals surface area contributed by atoms with Crippen molar-refractivity contribution in [1.29, 1.82) is 0 Å². The van der Waals surface area contributed by atoms with E-state index in [0.717, 1.165) is 4.90 Å². The molecule has 0 N–H and O–H groups in total. The van der Waals surface area contributed by atoms with E-state index in [1.165, 1.54) is 36.2 Å². The summed E-state index contributed by atoms with van der Waals surface area (Å²) in [5.41, 5.74) is -4.09. The van der Waals surface area contributed by atoms with Crippen molar-refractivity contribution in [2.24, 2.45) is 0 Å². The lowest BCUT2D eigenvalue weighted by molar-refractivity contribution is -0.116. The number of urea groups is 1. The molecule has 1 heterocycles. The normalized spacial score (nSPS) is 16.4. The highest BCUT2D eigenvalue weighted by Crippen LogP contribution is 2.37. The molecule has 2 rings (SSSR count). The summed E-state index contributed by atoms with van der Waals surface area (Å²) in [6.07, 6.45) is 0. The number of thioether (sulfide) groups is 1. The van der Waals surface area contributed by atoms with Crippen LogP contribution >= 0.6 is 11.8 Å². The zero-order valence-corrected chi connectivity index (χ0v) is 10.6. The summed E-state index contributed by atoms with van der Waals surface area (Å²) in [6.45, 7) is -0.0299. The maximum atomic E-state index is 12.2. The van der Waals surface area contributed by atoms with Crippen LogP contribution < -0.4 is 4.90 Å². The van der Waals surface area contributed by atoms with Gasteiger partial charge >= 0.3 is 11.5 Å². The van der Waals surface area contributed by atoms with Gasteiger partial charge in [-0.25, -0.2) is 9.69 Å². The van der Waals surface area contributed by atoms with Crippen LogP contribution in [0.5, 0.6) is 0 Å². The summed E-state index contributed by atoms with van der Waals surface area (Å²) in [7, 11) is 1.48. The Morgan fingerprint density at radius 1 is 1.16 bits per heavy atom. The number of hydrogen-bond acceptors (Lipinski definition) is 3. The molecular weight excluding hydrogens is 281 g/mol. The van der Waals surface area contributed by atoms with E-state index in [2.05, 4.69) is 0 Å². The van der Waals surface area contributed by atoms with Gasteiger partial charge in [-0.2, -0.15) is 13.2 Å². The maximum absolute atomic E-state index is 12.2. The van der Waals surface area contributed by atoms with Crippen molar-refractivity contribution in [2.75, 3.05) is 18.5 Å². The van der Waals surface area contributed by atoms with Crippen LogP contribution in [0.1, 0.15) is 0 Å². The standard InChI is InChI=1S/C11H9F3N2O2S/c1-15-6-9(17)16(10(15)18)7-2-4-8(5-3-7)19-11(12,13)14/h2-5H,6H2,1H3. The van der Waals surface area contributed by atoms with Crippen LogP contribution in [0.25, 0.3) is 0 Å². The smallest absolute Gasteiger partial charge is 0.318 e. The first kappa shape index (κ1) is 13.7. The first-order chi connectivity index (χ1) is 8.78. The second-order valence-corrected chi connectivity index (χ2v) is 5.05. The second kappa shape index (κ2) is 4.76. The number of likely N-dealkylation sites (N-methyl/N-ethyl adjacent to an activating group) is 1. The number of anilines is 1. The summed E-state index contributed by atoms with van der Waals surface area (Å²) in [4.78, 5) is 25.4. The topological polar surface area (TPSA) is 40.6 Å². The van der Waals surface area contributed by atoms with Crippen molar-refractivity contribution in [2.45, 2.75) is 10.4 Å². The second-order valence-electron chi connectivity index (χ2n) is 3.91. The number of nitrogens with zero attached hydrogens (tertiary/aromatic N) is 2. The number of amides is 3. The van der Waals surface area contributed by atoms with Gasteiger partial charge < -0.3 is 4.90 Å². The number of rotatable bonds is 2. The van der Waals surface area contributed by atoms with Crippen molar-refractivity contribution in [3.8, 4) is 0 Å². The molecular formula is C11H9F3N2O2S. The number of alkyl halides is 3. The van der Waals surface area contributed by atoms with Gasteiger partial charge in [-0.1, -0.05) is 0 Å². The fraction of sp³-hybridized carbons (Fsp3) is 0.273. The zero-order valence-electron chi connectivity index (χ0n) is 9.77. The molecule has 1 saturated heterocycles. The van der Waals surface area contributed by atoms with Crippen LogP contribution in [-0.2, 0) is 4.79 Å². The lowest BCUT2D eigenvalue weighted by atomic mass is 10.3. The Hall–Kier alpha value is -1.70. The SMILES string of the molecule is CN1CC(=O)N(c2ccc(SC(F)(F)F)cc2)C1=O. The average molecular weight is 290 g/mol. The monoisotopic (exact) mass is 290 g/mol. The Bertz CT molecular complexity index is 516. The molecule has 1 fully saturated rings. The largest absolute Gasteiger partial charge is 0.446 e. The van der Waals surface area contributed by atoms with Gasteiger partial charge in [-0.15, -0.1) is 0 Å². The molecule has 1 aliphatic rings. The Kier molecular flexibility index (Phi) is 3.44. The first-order valence-corrected chi connectivity index (χ1v) is 6.03. The van der Waals surface area contributed by atoms with Gasteiger partial charge in [-0.05, 0) is 36.0 Å². The summed E-state index contributed by atoms with van der Waals surface area (Å²) in [5.74, 6) is -0.399. The molecule has 0 radical (unpaired) electrons. The number of hydrogen-bond donors (Lipinski definition) is 0. The molecule has 0 aromatic heterocycles. The quantitative estimate of drug-likeness (QED) is 0.621. The van der Waals surface area contributed by atoms with E-state index in [4.69, 9.17) is 0 Å². The van der Waals surface area contributed by atoms with E-state index in [9.17, 15) is 22.8 Å². The summed E-state index contributed by atoms with van der Waals surface area (Å²) >= 11 is -0.245. The molecule has 102 valence electrons. The molecule has 1 aliphatic heterocycles. The van der Waals surface area contributed by atoms with Crippen LogP contribution in [-0.4, -0.2) is 35.9 Å². The van der Waals surface area contributed by atoms with Crippen LogP contribution in [0, 0.1) is 0 Å². The van der Waals surface area contributed by atoms with Gasteiger partial charge in [0.2, 0.25) is 0 Å². The van der Waals surface area contributed by atoms with Gasteiger partial charge in [0.1, 0.15) is 6.54 Å². The molecule has 1 aromatic rings. The van der Waals surface area contributed by atoms with Gasteiger partial charge in [0.25, 0.3) is 5.91 Å². The summed E-state index contributed by atoms with van der Waals surface area (Å²) < 4.78 is 36.5. The van der Waals surface area contributed by atoms with Crippen molar-refractivity contribution in [3.05, 3.63) is 24.3 Å². The van der Waals surface area contributed by atoms with Gasteiger partial charge in [0.05, 0.1) is 5.69 Å². The number of carbonyl (C=O) groups excluding carboxylic acids is 2. The van der Waals surface area contributed by atoms with Crippen LogP contribution in [0.15, 0.2) is 29.2 Å². The number of carbonyl (C=O) groups is 2. The maximum Gasteiger partial charge on any atom is 0.446 e. The van der Waals surface area contributed by atoms with E-state index in [1.54, 1.807) is 0 Å². The number of halogens is 3. The zero-order chi connectivity index (χ0) is 14.2. The molecule has 0 bridgehead atoms. The van der Waals surface area contributed by atoms with Crippen molar-refractivity contribution in [3.63, 3.8) is 0 Å². The fourth-order valence-electron chi connectivity index (χ4n) is 1.67. The van der Waals surface area contributed by atoms with Crippen LogP contribution in [0.4, 0.5) is 23.7 Å². The van der Waals surface area contributed by atoms with Crippen LogP contribution in [0.3, 0.4) is 0 Å². The lowest BCUT2D eigenvalue weighted by Gasteiger charge is -2.14. The minimum atomic E-state index is -4.36. The highest BCUT2D eigenvalue weighted by atomic mass is 32.2. The molecule has 1 aromatic carbocycles. The third kappa shape index (κ3) is 3.01. The number of benzene rings is 1. The third-order valence-corrected chi connectivity index (χ3v) is 3.21. The Morgan fingerprint density at radius 2 is 1.74 bits per heavy atom. The molecule has 0 aliphatic carbocycles. The van der Waals surface area contributed by atoms with E-state index in [0.29, 0.717) is 0 Å². The average Bonchev–Trinajstić information content (AvgIpc) is 2.53. The molecule has 8 heteroatoms. The summed E-state index contributed by atoms with van der Waals surface area (Å²) in [5, 5.41) is 0. The Morgan fingerprint density at radius 3 is 2.16 bits per heavy atom. The molecule has 19 heavy (non-hydrogen) atoms. The molecule has 0 saturated carbocycles. The molecule has 0 atom stereocenters. The highest BCUT2D eigenvalue weighted by Gasteiger charge is 2.35. The third-order valence-electron chi connectivity index (χ3n) is 2.47. The van der Waals surface area contributed by atoms with E-state index in [1.807, 2.05) is 0 Å². The van der Waals surface area contributed by atoms with Crippen molar-refractivity contribution in [1.82, 2.24) is 4.90 Å². The first-order valence-electron chi connectivity index (χ1n) is 5.22. The predicted octanol–water partition coefficient (Wildman–Crippen LogP) is 2.70. The van der Waals surface area contributed by atoms with Crippen molar-refractivity contribution >= 4 is 29.4 Å². The van der Waals surface area contributed by atoms with Gasteiger partial charge in [-0.3, -0.25) is 4.79 Å². The highest BCUT2D eigenvalue weighted by molar-refractivity contribution is 8.00. The van der Waals surface area contributed by atoms with Crippen molar-refractivity contribution < 1.29 is 22.8 Å². The predicted molar refractivity (Wildman–Crippen MR) is 63.9 cm³/mol. The van der Waals surface area contributed by atoms with E-state index in [-0.39, 0.29) is 28.9 Å².